The average Bonchev–Trinajstić information content (AvgIpc) is 3.32. The molecule has 4 aromatic rings. The topological polar surface area (TPSA) is 55.7 Å². The van der Waals surface area contributed by atoms with Gasteiger partial charge in [-0.25, -0.2) is 0 Å². The number of fused-ring (bicyclic) bond motifs is 1. The fourth-order valence-corrected chi connectivity index (χ4v) is 4.46. The Morgan fingerprint density at radius 1 is 1.07 bits per heavy atom. The molecule has 150 valence electrons. The summed E-state index contributed by atoms with van der Waals surface area (Å²) >= 11 is 1.76. The molecule has 2 aromatic carbocycles. The molecule has 0 fully saturated rings. The van der Waals surface area contributed by atoms with Gasteiger partial charge in [0, 0.05) is 34.1 Å². The van der Waals surface area contributed by atoms with Crippen LogP contribution in [0.2, 0.25) is 0 Å². The van der Waals surface area contributed by atoms with Gasteiger partial charge in [0.25, 0.3) is 0 Å². The van der Waals surface area contributed by atoms with Crippen molar-refractivity contribution < 1.29 is 4.74 Å². The third kappa shape index (κ3) is 4.17. The molecule has 0 atom stereocenters. The smallest absolute Gasteiger partial charge is 0.196 e. The van der Waals surface area contributed by atoms with Crippen molar-refractivity contribution in [2.24, 2.45) is 5.92 Å². The highest BCUT2D eigenvalue weighted by atomic mass is 32.2. The summed E-state index contributed by atoms with van der Waals surface area (Å²) in [5, 5.41) is 11.2. The minimum absolute atomic E-state index is 0.656. The number of thioether (sulfide) groups is 1. The van der Waals surface area contributed by atoms with Gasteiger partial charge in [0.2, 0.25) is 0 Å². The van der Waals surface area contributed by atoms with Crippen molar-refractivity contribution in [3.05, 3.63) is 54.7 Å². The van der Waals surface area contributed by atoms with Crippen molar-refractivity contribution in [3.8, 4) is 22.8 Å². The molecule has 2 aromatic heterocycles. The Balaban J connectivity index is 1.78. The first kappa shape index (κ1) is 19.6. The zero-order valence-corrected chi connectivity index (χ0v) is 17.9. The van der Waals surface area contributed by atoms with E-state index in [0.29, 0.717) is 12.5 Å². The van der Waals surface area contributed by atoms with Gasteiger partial charge in [-0.3, -0.25) is 4.57 Å². The van der Waals surface area contributed by atoms with Crippen molar-refractivity contribution in [1.29, 1.82) is 0 Å². The highest BCUT2D eigenvalue weighted by molar-refractivity contribution is 7.99. The number of H-pyrrole nitrogens is 1. The average molecular weight is 407 g/mol. The standard InChI is InChI=1S/C23H26N4OS/c1-4-28-18-11-9-17(10-12-18)27-22(25-26-23(27)29-14-13-16(2)3)20-15-24-21-8-6-5-7-19(20)21/h5-12,15-16,24H,4,13-14H2,1-3H3. The van der Waals surface area contributed by atoms with Gasteiger partial charge < -0.3 is 9.72 Å². The zero-order valence-electron chi connectivity index (χ0n) is 17.1. The van der Waals surface area contributed by atoms with Crippen molar-refractivity contribution in [1.82, 2.24) is 19.7 Å². The number of rotatable bonds is 8. The molecule has 2 heterocycles. The lowest BCUT2D eigenvalue weighted by Crippen LogP contribution is -2.01. The van der Waals surface area contributed by atoms with Gasteiger partial charge in [-0.15, -0.1) is 10.2 Å². The molecule has 0 saturated heterocycles. The molecule has 0 unspecified atom stereocenters. The summed E-state index contributed by atoms with van der Waals surface area (Å²) < 4.78 is 7.76. The molecule has 4 rings (SSSR count). The highest BCUT2D eigenvalue weighted by Crippen LogP contribution is 2.33. The van der Waals surface area contributed by atoms with Crippen LogP contribution in [0.5, 0.6) is 5.75 Å². The van der Waals surface area contributed by atoms with Crippen LogP contribution in [0.4, 0.5) is 0 Å². The second-order valence-corrected chi connectivity index (χ2v) is 8.41. The summed E-state index contributed by atoms with van der Waals surface area (Å²) in [4.78, 5) is 3.35. The van der Waals surface area contributed by atoms with Gasteiger partial charge in [-0.05, 0) is 49.6 Å². The van der Waals surface area contributed by atoms with E-state index in [4.69, 9.17) is 4.74 Å². The Morgan fingerprint density at radius 2 is 1.86 bits per heavy atom. The monoisotopic (exact) mass is 406 g/mol. The number of nitrogens with zero attached hydrogens (tertiary/aromatic N) is 3. The molecule has 0 aliphatic heterocycles. The normalized spacial score (nSPS) is 11.4. The first-order valence-corrected chi connectivity index (χ1v) is 11.0. The molecule has 0 amide bonds. The van der Waals surface area contributed by atoms with Crippen LogP contribution in [-0.2, 0) is 0 Å². The van der Waals surface area contributed by atoms with Crippen molar-refractivity contribution in [2.75, 3.05) is 12.4 Å². The quantitative estimate of drug-likeness (QED) is 0.367. The van der Waals surface area contributed by atoms with Crippen LogP contribution in [0.15, 0.2) is 59.9 Å². The van der Waals surface area contributed by atoms with Gasteiger partial charge in [0.05, 0.1) is 6.61 Å². The van der Waals surface area contributed by atoms with Crippen LogP contribution in [-0.4, -0.2) is 32.1 Å². The first-order valence-electron chi connectivity index (χ1n) is 10.0. The number of benzene rings is 2. The van der Waals surface area contributed by atoms with Gasteiger partial charge in [0.1, 0.15) is 5.75 Å². The Bertz CT molecular complexity index is 1080. The van der Waals surface area contributed by atoms with Crippen LogP contribution in [0.25, 0.3) is 28.0 Å². The van der Waals surface area contributed by atoms with Crippen molar-refractivity contribution in [3.63, 3.8) is 0 Å². The Morgan fingerprint density at radius 3 is 2.62 bits per heavy atom. The minimum atomic E-state index is 0.656. The Labute approximate surface area is 175 Å². The second kappa shape index (κ2) is 8.74. The molecule has 6 heteroatoms. The molecule has 0 bridgehead atoms. The van der Waals surface area contributed by atoms with Crippen LogP contribution in [0.1, 0.15) is 27.2 Å². The predicted octanol–water partition coefficient (Wildman–Crippen LogP) is 5.95. The summed E-state index contributed by atoms with van der Waals surface area (Å²) in [6.07, 6.45) is 3.16. The van der Waals surface area contributed by atoms with E-state index in [2.05, 4.69) is 63.9 Å². The van der Waals surface area contributed by atoms with Crippen LogP contribution in [0.3, 0.4) is 0 Å². The Hall–Kier alpha value is -2.73. The summed E-state index contributed by atoms with van der Waals surface area (Å²) in [5.74, 6) is 3.39. The molecule has 29 heavy (non-hydrogen) atoms. The van der Waals surface area contributed by atoms with E-state index in [1.54, 1.807) is 11.8 Å². The van der Waals surface area contributed by atoms with Crippen molar-refractivity contribution in [2.45, 2.75) is 32.3 Å². The van der Waals surface area contributed by atoms with E-state index >= 15 is 0 Å². The zero-order chi connectivity index (χ0) is 20.2. The molecular weight excluding hydrogens is 380 g/mol. The number of nitrogens with one attached hydrogen (secondary N) is 1. The van der Waals surface area contributed by atoms with Crippen LogP contribution in [0, 0.1) is 5.92 Å². The van der Waals surface area contributed by atoms with Gasteiger partial charge in [0.15, 0.2) is 11.0 Å². The van der Waals surface area contributed by atoms with E-state index in [1.165, 1.54) is 0 Å². The summed E-state index contributed by atoms with van der Waals surface area (Å²) in [7, 11) is 0. The maximum absolute atomic E-state index is 5.61. The number of aromatic nitrogens is 4. The SMILES string of the molecule is CCOc1ccc(-n2c(SCCC(C)C)nnc2-c2c[nH]c3ccccc23)cc1. The summed E-state index contributed by atoms with van der Waals surface area (Å²) in [6, 6.07) is 16.4. The van der Waals surface area contributed by atoms with Gasteiger partial charge in [-0.2, -0.15) is 0 Å². The second-order valence-electron chi connectivity index (χ2n) is 7.35. The van der Waals surface area contributed by atoms with E-state index < -0.39 is 0 Å². The minimum Gasteiger partial charge on any atom is -0.494 e. The highest BCUT2D eigenvalue weighted by Gasteiger charge is 2.19. The van der Waals surface area contributed by atoms with Gasteiger partial charge in [-0.1, -0.05) is 43.8 Å². The van der Waals surface area contributed by atoms with E-state index in [1.807, 2.05) is 31.3 Å². The molecule has 1 N–H and O–H groups in total. The van der Waals surface area contributed by atoms with Crippen LogP contribution < -0.4 is 4.74 Å². The molecule has 0 saturated carbocycles. The van der Waals surface area contributed by atoms with E-state index in [0.717, 1.165) is 51.1 Å². The van der Waals surface area contributed by atoms with Crippen LogP contribution >= 0.6 is 11.8 Å². The largest absolute Gasteiger partial charge is 0.494 e. The lowest BCUT2D eigenvalue weighted by Gasteiger charge is -2.11. The fraction of sp³-hybridized carbons (Fsp3) is 0.304. The molecular formula is C23H26N4OS. The maximum Gasteiger partial charge on any atom is 0.196 e. The Kier molecular flexibility index (Phi) is 5.90. The number of aromatic amines is 1. The first-order chi connectivity index (χ1) is 14.2. The van der Waals surface area contributed by atoms with E-state index in [-0.39, 0.29) is 0 Å². The lowest BCUT2D eigenvalue weighted by atomic mass is 10.1. The van der Waals surface area contributed by atoms with Crippen molar-refractivity contribution >= 4 is 22.7 Å². The van der Waals surface area contributed by atoms with E-state index in [9.17, 15) is 0 Å². The summed E-state index contributed by atoms with van der Waals surface area (Å²) in [5.41, 5.74) is 3.18. The third-order valence-electron chi connectivity index (χ3n) is 4.80. The fourth-order valence-electron chi connectivity index (χ4n) is 3.27. The maximum atomic E-state index is 5.61. The predicted molar refractivity (Wildman–Crippen MR) is 120 cm³/mol. The molecule has 0 aliphatic rings. The molecule has 5 nitrogen and oxygen atoms in total. The lowest BCUT2D eigenvalue weighted by molar-refractivity contribution is 0.340. The van der Waals surface area contributed by atoms with Gasteiger partial charge >= 0.3 is 0 Å². The number of hydrogen-bond acceptors (Lipinski definition) is 4. The summed E-state index contributed by atoms with van der Waals surface area (Å²) in [6.45, 7) is 7.14. The number of para-hydroxylation sites is 1. The third-order valence-corrected chi connectivity index (χ3v) is 5.76. The molecule has 0 aliphatic carbocycles. The molecule has 0 spiro atoms. The number of hydrogen-bond donors (Lipinski definition) is 1. The molecule has 0 radical (unpaired) electrons. The number of ether oxygens (including phenoxy) is 1.